The molecule has 0 bridgehead atoms. The van der Waals surface area contributed by atoms with Crippen molar-refractivity contribution < 1.29 is 9.31 Å². The number of nitrogens with zero attached hydrogens (tertiary/aromatic N) is 1. The Labute approximate surface area is 105 Å². The van der Waals surface area contributed by atoms with Crippen molar-refractivity contribution in [1.29, 1.82) is 0 Å². The van der Waals surface area contributed by atoms with Crippen LogP contribution in [0, 0.1) is 21.8 Å². The van der Waals surface area contributed by atoms with E-state index in [9.17, 15) is 14.5 Å². The van der Waals surface area contributed by atoms with Crippen molar-refractivity contribution in [2.24, 2.45) is 11.7 Å². The van der Waals surface area contributed by atoms with Crippen LogP contribution < -0.4 is 5.73 Å². The molecule has 0 aromatic heterocycles. The largest absolute Gasteiger partial charge is 0.327 e. The van der Waals surface area contributed by atoms with Gasteiger partial charge >= 0.3 is 0 Å². The summed E-state index contributed by atoms with van der Waals surface area (Å²) in [5.41, 5.74) is 6.52. The van der Waals surface area contributed by atoms with Gasteiger partial charge < -0.3 is 5.73 Å². The highest BCUT2D eigenvalue weighted by molar-refractivity contribution is 5.35. The Balaban J connectivity index is 2.15. The fraction of sp³-hybridized carbons (Fsp3) is 0.538. The second kappa shape index (κ2) is 5.44. The molecule has 1 aliphatic carbocycles. The van der Waals surface area contributed by atoms with Crippen LogP contribution in [-0.2, 0) is 6.42 Å². The van der Waals surface area contributed by atoms with Crippen LogP contribution in [0.4, 0.5) is 10.1 Å². The number of benzene rings is 1. The van der Waals surface area contributed by atoms with Gasteiger partial charge in [0.15, 0.2) is 0 Å². The quantitative estimate of drug-likeness (QED) is 0.664. The molecule has 18 heavy (non-hydrogen) atoms. The summed E-state index contributed by atoms with van der Waals surface area (Å²) in [7, 11) is 0. The number of nitro benzene ring substituents is 1. The Morgan fingerprint density at radius 2 is 2.06 bits per heavy atom. The molecule has 0 amide bonds. The molecule has 1 aliphatic rings. The molecule has 1 aromatic carbocycles. The summed E-state index contributed by atoms with van der Waals surface area (Å²) in [4.78, 5) is 10.1. The third-order valence-electron chi connectivity index (χ3n) is 3.62. The molecule has 2 N–H and O–H groups in total. The molecule has 0 aliphatic heterocycles. The third kappa shape index (κ3) is 3.04. The highest BCUT2D eigenvalue weighted by atomic mass is 19.1. The molecule has 5 heteroatoms. The average molecular weight is 252 g/mol. The van der Waals surface area contributed by atoms with Crippen molar-refractivity contribution in [3.8, 4) is 0 Å². The van der Waals surface area contributed by atoms with E-state index in [-0.39, 0.29) is 11.7 Å². The molecular formula is C13H17FN2O2. The summed E-state index contributed by atoms with van der Waals surface area (Å²) in [6, 6.07) is 3.89. The first-order chi connectivity index (χ1) is 8.56. The monoisotopic (exact) mass is 252 g/mol. The summed E-state index contributed by atoms with van der Waals surface area (Å²) in [5, 5.41) is 10.7. The summed E-state index contributed by atoms with van der Waals surface area (Å²) in [6.45, 7) is 0. The number of nitro groups is 1. The van der Waals surface area contributed by atoms with E-state index < -0.39 is 10.7 Å². The van der Waals surface area contributed by atoms with Gasteiger partial charge in [-0.05, 0) is 36.8 Å². The lowest BCUT2D eigenvalue weighted by Crippen LogP contribution is -2.34. The van der Waals surface area contributed by atoms with Gasteiger partial charge in [-0.2, -0.15) is 0 Å². The minimum atomic E-state index is -0.562. The van der Waals surface area contributed by atoms with Crippen LogP contribution in [0.3, 0.4) is 0 Å². The summed E-state index contributed by atoms with van der Waals surface area (Å²) < 4.78 is 13.3. The number of nitrogens with two attached hydrogens (primary N) is 1. The molecule has 4 nitrogen and oxygen atoms in total. The normalized spacial score (nSPS) is 23.9. The predicted octanol–water partition coefficient (Wildman–Crippen LogP) is 2.79. The first kappa shape index (κ1) is 13.0. The van der Waals surface area contributed by atoms with Crippen molar-refractivity contribution in [3.05, 3.63) is 39.7 Å². The van der Waals surface area contributed by atoms with E-state index in [2.05, 4.69) is 0 Å². The molecule has 2 unspecified atom stereocenters. The molecule has 0 saturated heterocycles. The number of non-ortho nitro benzene ring substituents is 1. The van der Waals surface area contributed by atoms with Crippen molar-refractivity contribution in [2.75, 3.05) is 0 Å². The van der Waals surface area contributed by atoms with Gasteiger partial charge in [-0.1, -0.05) is 12.8 Å². The van der Waals surface area contributed by atoms with Crippen LogP contribution in [0.1, 0.15) is 31.2 Å². The number of hydrogen-bond acceptors (Lipinski definition) is 3. The zero-order valence-corrected chi connectivity index (χ0v) is 10.1. The minimum Gasteiger partial charge on any atom is -0.327 e. The predicted molar refractivity (Wildman–Crippen MR) is 66.7 cm³/mol. The van der Waals surface area contributed by atoms with E-state index in [1.165, 1.54) is 12.1 Å². The lowest BCUT2D eigenvalue weighted by atomic mass is 9.81. The summed E-state index contributed by atoms with van der Waals surface area (Å²) >= 11 is 0. The number of hydrogen-bond donors (Lipinski definition) is 1. The summed E-state index contributed by atoms with van der Waals surface area (Å²) in [5.74, 6) is -0.247. The summed E-state index contributed by atoms with van der Waals surface area (Å²) in [6.07, 6.45) is 4.91. The zero-order valence-electron chi connectivity index (χ0n) is 10.1. The molecule has 98 valence electrons. The second-order valence-electron chi connectivity index (χ2n) is 4.99. The molecule has 0 heterocycles. The fourth-order valence-electron chi connectivity index (χ4n) is 2.65. The van der Waals surface area contributed by atoms with E-state index in [0.29, 0.717) is 17.9 Å². The molecule has 2 atom stereocenters. The molecule has 1 saturated carbocycles. The Morgan fingerprint density at radius 1 is 1.33 bits per heavy atom. The lowest BCUT2D eigenvalue weighted by Gasteiger charge is -2.28. The van der Waals surface area contributed by atoms with Crippen molar-refractivity contribution >= 4 is 5.69 Å². The zero-order chi connectivity index (χ0) is 13.1. The van der Waals surface area contributed by atoms with Crippen molar-refractivity contribution in [3.63, 3.8) is 0 Å². The number of halogens is 1. The van der Waals surface area contributed by atoms with Gasteiger partial charge in [-0.15, -0.1) is 0 Å². The van der Waals surface area contributed by atoms with Crippen LogP contribution in [0.15, 0.2) is 18.2 Å². The van der Waals surface area contributed by atoms with E-state index in [0.717, 1.165) is 31.7 Å². The third-order valence-corrected chi connectivity index (χ3v) is 3.62. The van der Waals surface area contributed by atoms with Crippen molar-refractivity contribution in [2.45, 2.75) is 38.1 Å². The molecule has 0 spiro atoms. The molecule has 1 fully saturated rings. The Hall–Kier alpha value is -1.49. The van der Waals surface area contributed by atoms with Crippen LogP contribution >= 0.6 is 0 Å². The Bertz CT molecular complexity index is 451. The van der Waals surface area contributed by atoms with E-state index >= 15 is 0 Å². The maximum Gasteiger partial charge on any atom is 0.272 e. The van der Waals surface area contributed by atoms with Gasteiger partial charge in [-0.3, -0.25) is 10.1 Å². The maximum absolute atomic E-state index is 13.3. The maximum atomic E-state index is 13.3. The topological polar surface area (TPSA) is 69.2 Å². The van der Waals surface area contributed by atoms with Crippen LogP contribution in [0.2, 0.25) is 0 Å². The standard InChI is InChI=1S/C13H17FN2O2/c14-11-6-9(7-12(8-11)16(17)18)5-10-3-1-2-4-13(10)15/h6-8,10,13H,1-5,15H2. The van der Waals surface area contributed by atoms with Gasteiger partial charge in [0.05, 0.1) is 11.0 Å². The second-order valence-corrected chi connectivity index (χ2v) is 4.99. The first-order valence-corrected chi connectivity index (χ1v) is 6.25. The van der Waals surface area contributed by atoms with Gasteiger partial charge in [-0.25, -0.2) is 4.39 Å². The first-order valence-electron chi connectivity index (χ1n) is 6.25. The molecule has 0 radical (unpaired) electrons. The van der Waals surface area contributed by atoms with Gasteiger partial charge in [0.1, 0.15) is 5.82 Å². The smallest absolute Gasteiger partial charge is 0.272 e. The van der Waals surface area contributed by atoms with Gasteiger partial charge in [0, 0.05) is 12.1 Å². The Morgan fingerprint density at radius 3 is 2.72 bits per heavy atom. The van der Waals surface area contributed by atoms with E-state index in [1.807, 2.05) is 0 Å². The molecule has 2 rings (SSSR count). The molecular weight excluding hydrogens is 235 g/mol. The minimum absolute atomic E-state index is 0.126. The van der Waals surface area contributed by atoms with E-state index in [1.54, 1.807) is 0 Å². The fourth-order valence-corrected chi connectivity index (χ4v) is 2.65. The van der Waals surface area contributed by atoms with E-state index in [4.69, 9.17) is 5.73 Å². The number of rotatable bonds is 3. The van der Waals surface area contributed by atoms with Crippen LogP contribution in [0.5, 0.6) is 0 Å². The van der Waals surface area contributed by atoms with Crippen molar-refractivity contribution in [1.82, 2.24) is 0 Å². The van der Waals surface area contributed by atoms with Crippen LogP contribution in [-0.4, -0.2) is 11.0 Å². The lowest BCUT2D eigenvalue weighted by molar-refractivity contribution is -0.385. The SMILES string of the molecule is NC1CCCCC1Cc1cc(F)cc([N+](=O)[O-])c1. The highest BCUT2D eigenvalue weighted by Gasteiger charge is 2.23. The highest BCUT2D eigenvalue weighted by Crippen LogP contribution is 2.27. The van der Waals surface area contributed by atoms with Crippen LogP contribution in [0.25, 0.3) is 0 Å². The van der Waals surface area contributed by atoms with Gasteiger partial charge in [0.25, 0.3) is 5.69 Å². The molecule has 1 aromatic rings. The Kier molecular flexibility index (Phi) is 3.91. The average Bonchev–Trinajstić information content (AvgIpc) is 2.31. The van der Waals surface area contributed by atoms with Gasteiger partial charge in [0.2, 0.25) is 0 Å².